The van der Waals surface area contributed by atoms with Gasteiger partial charge in [-0.1, -0.05) is 58.5 Å². The highest BCUT2D eigenvalue weighted by Crippen LogP contribution is 2.36. The largest absolute Gasteiger partial charge is 0.401 e. The van der Waals surface area contributed by atoms with Gasteiger partial charge >= 0.3 is 12.1 Å². The molecule has 2 N–H and O–H groups in total. The number of nitrogens with one attached hydrogen (secondary N) is 2. The van der Waals surface area contributed by atoms with Crippen LogP contribution in [0.25, 0.3) is 0 Å². The summed E-state index contributed by atoms with van der Waals surface area (Å²) in [5.41, 5.74) is -2.47. The van der Waals surface area contributed by atoms with Crippen molar-refractivity contribution in [1.82, 2.24) is 5.32 Å². The van der Waals surface area contributed by atoms with Crippen molar-refractivity contribution in [2.75, 3.05) is 30.4 Å². The third-order valence-electron chi connectivity index (χ3n) is 3.98. The molecule has 1 unspecified atom stereocenters. The predicted octanol–water partition coefficient (Wildman–Crippen LogP) is 6.19. The maximum atomic E-state index is 13.1. The third kappa shape index (κ3) is 7.05. The minimum atomic E-state index is -4.14. The standard InChI is InChI=1S/C19H16Cl4F3N3O3/c1-29(6-7-32-19(25,26)17(23)24)15-13(21)8-10(9-14(15)22)27-18(31)28-16(30)11-4-2-3-5-12(11)20/h2-5,8-9,17H,6-7H2,1H3,(H2,27,28,30,31). The SMILES string of the molecule is CN(CCOC(F)(F)C(F)Cl)c1c(Cl)cc(NC(=O)NC(=O)c2ccccc2Cl)cc1Cl. The van der Waals surface area contributed by atoms with Crippen molar-refractivity contribution >= 4 is 69.7 Å². The highest BCUT2D eigenvalue weighted by molar-refractivity contribution is 6.39. The monoisotopic (exact) mass is 531 g/mol. The van der Waals surface area contributed by atoms with Gasteiger partial charge in [-0.3, -0.25) is 10.1 Å². The van der Waals surface area contributed by atoms with Crippen LogP contribution in [0.5, 0.6) is 0 Å². The maximum absolute atomic E-state index is 13.1. The van der Waals surface area contributed by atoms with E-state index in [9.17, 15) is 22.8 Å². The van der Waals surface area contributed by atoms with Crippen molar-refractivity contribution in [3.05, 3.63) is 57.0 Å². The molecule has 0 aliphatic heterocycles. The van der Waals surface area contributed by atoms with Crippen molar-refractivity contribution in [2.45, 2.75) is 11.7 Å². The van der Waals surface area contributed by atoms with Gasteiger partial charge in [0.15, 0.2) is 0 Å². The van der Waals surface area contributed by atoms with Crippen LogP contribution < -0.4 is 15.5 Å². The second-order valence-corrected chi connectivity index (χ2v) is 7.91. The maximum Gasteiger partial charge on any atom is 0.401 e. The van der Waals surface area contributed by atoms with Gasteiger partial charge in [0.2, 0.25) is 0 Å². The number of halogens is 7. The second-order valence-electron chi connectivity index (χ2n) is 6.31. The number of carbonyl (C=O) groups excluding carboxylic acids is 2. The summed E-state index contributed by atoms with van der Waals surface area (Å²) < 4.78 is 42.9. The summed E-state index contributed by atoms with van der Waals surface area (Å²) >= 11 is 23.0. The number of hydrogen-bond acceptors (Lipinski definition) is 4. The Kier molecular flexibility index (Phi) is 9.29. The van der Waals surface area contributed by atoms with Gasteiger partial charge in [-0.25, -0.2) is 9.18 Å². The number of likely N-dealkylation sites (N-methyl/N-ethyl adjacent to an activating group) is 1. The second kappa shape index (κ2) is 11.3. The fraction of sp³-hybridized carbons (Fsp3) is 0.263. The quantitative estimate of drug-likeness (QED) is 0.398. The minimum Gasteiger partial charge on any atom is -0.370 e. The lowest BCUT2D eigenvalue weighted by atomic mass is 10.2. The van der Waals surface area contributed by atoms with Gasteiger partial charge in [-0.05, 0) is 24.3 Å². The Morgan fingerprint density at radius 3 is 2.28 bits per heavy atom. The van der Waals surface area contributed by atoms with E-state index in [-0.39, 0.29) is 38.6 Å². The van der Waals surface area contributed by atoms with Gasteiger partial charge in [0.25, 0.3) is 11.5 Å². The van der Waals surface area contributed by atoms with E-state index in [1.165, 1.54) is 36.2 Å². The number of hydrogen-bond donors (Lipinski definition) is 2. The normalized spacial score (nSPS) is 12.2. The average molecular weight is 533 g/mol. The molecule has 3 amide bonds. The molecule has 0 radical (unpaired) electrons. The Morgan fingerprint density at radius 1 is 1.12 bits per heavy atom. The van der Waals surface area contributed by atoms with E-state index in [1.807, 2.05) is 0 Å². The lowest BCUT2D eigenvalue weighted by Gasteiger charge is -2.24. The van der Waals surface area contributed by atoms with Crippen LogP contribution in [0.2, 0.25) is 15.1 Å². The Morgan fingerprint density at radius 2 is 1.72 bits per heavy atom. The topological polar surface area (TPSA) is 70.7 Å². The molecule has 2 aromatic rings. The van der Waals surface area contributed by atoms with Gasteiger partial charge in [-0.2, -0.15) is 8.78 Å². The van der Waals surface area contributed by atoms with E-state index in [4.69, 9.17) is 46.4 Å². The molecule has 0 aliphatic rings. The van der Waals surface area contributed by atoms with E-state index in [2.05, 4.69) is 15.4 Å². The first-order valence-corrected chi connectivity index (χ1v) is 10.4. The Labute approximate surface area is 201 Å². The van der Waals surface area contributed by atoms with Gasteiger partial charge < -0.3 is 15.0 Å². The van der Waals surface area contributed by atoms with Crippen molar-refractivity contribution in [3.63, 3.8) is 0 Å². The van der Waals surface area contributed by atoms with Crippen molar-refractivity contribution in [1.29, 1.82) is 0 Å². The molecular formula is C19H16Cl4F3N3O3. The summed E-state index contributed by atoms with van der Waals surface area (Å²) in [6.07, 6.45) is -4.14. The molecule has 13 heteroatoms. The molecule has 0 fully saturated rings. The van der Waals surface area contributed by atoms with Gasteiger partial charge in [0.1, 0.15) is 0 Å². The van der Waals surface area contributed by atoms with Crippen LogP contribution in [0.4, 0.5) is 29.3 Å². The fourth-order valence-corrected chi connectivity index (χ4v) is 3.53. The summed E-state index contributed by atoms with van der Waals surface area (Å²) in [6, 6.07) is 7.99. The Balaban J connectivity index is 2.01. The summed E-state index contributed by atoms with van der Waals surface area (Å²) in [7, 11) is 1.49. The Bertz CT molecular complexity index is 972. The molecule has 0 aromatic heterocycles. The van der Waals surface area contributed by atoms with Crippen LogP contribution in [0.15, 0.2) is 36.4 Å². The number of nitrogens with zero attached hydrogens (tertiary/aromatic N) is 1. The summed E-state index contributed by atoms with van der Waals surface area (Å²) in [6.45, 7) is -0.700. The smallest absolute Gasteiger partial charge is 0.370 e. The van der Waals surface area contributed by atoms with Crippen LogP contribution in [-0.4, -0.2) is 43.9 Å². The number of carbonyl (C=O) groups is 2. The van der Waals surface area contributed by atoms with Gasteiger partial charge in [-0.15, -0.1) is 0 Å². The molecule has 0 spiro atoms. The van der Waals surface area contributed by atoms with E-state index in [0.29, 0.717) is 0 Å². The number of benzene rings is 2. The number of imide groups is 1. The van der Waals surface area contributed by atoms with Gasteiger partial charge in [0.05, 0.1) is 32.9 Å². The number of urea groups is 1. The first-order valence-electron chi connectivity index (χ1n) is 8.79. The molecule has 174 valence electrons. The first-order chi connectivity index (χ1) is 14.9. The molecule has 1 atom stereocenters. The highest BCUT2D eigenvalue weighted by Gasteiger charge is 2.40. The zero-order chi connectivity index (χ0) is 24.1. The van der Waals surface area contributed by atoms with Crippen molar-refractivity contribution in [2.24, 2.45) is 0 Å². The highest BCUT2D eigenvalue weighted by atomic mass is 35.5. The first kappa shape index (κ1) is 26.3. The van der Waals surface area contributed by atoms with Crippen molar-refractivity contribution in [3.8, 4) is 0 Å². The van der Waals surface area contributed by atoms with E-state index >= 15 is 0 Å². The predicted molar refractivity (Wildman–Crippen MR) is 119 cm³/mol. The molecular weight excluding hydrogens is 517 g/mol. The van der Waals surface area contributed by atoms with Gasteiger partial charge in [0, 0.05) is 19.3 Å². The molecule has 0 heterocycles. The van der Waals surface area contributed by atoms with E-state index < -0.39 is 30.3 Å². The molecule has 0 saturated heterocycles. The Hall–Kier alpha value is -1.91. The van der Waals surface area contributed by atoms with Crippen LogP contribution >= 0.6 is 46.4 Å². The average Bonchev–Trinajstić information content (AvgIpc) is 2.67. The summed E-state index contributed by atoms with van der Waals surface area (Å²) in [5.74, 6) is -0.717. The minimum absolute atomic E-state index is 0.0696. The molecule has 32 heavy (non-hydrogen) atoms. The fourth-order valence-electron chi connectivity index (χ4n) is 2.47. The zero-order valence-electron chi connectivity index (χ0n) is 16.3. The molecule has 6 nitrogen and oxygen atoms in total. The molecule has 0 aliphatic carbocycles. The van der Waals surface area contributed by atoms with Crippen LogP contribution in [0.1, 0.15) is 10.4 Å². The zero-order valence-corrected chi connectivity index (χ0v) is 19.3. The molecule has 2 aromatic carbocycles. The number of ether oxygens (including phenoxy) is 1. The van der Waals surface area contributed by atoms with Crippen LogP contribution in [0.3, 0.4) is 0 Å². The number of alkyl halides is 4. The number of rotatable bonds is 8. The lowest BCUT2D eigenvalue weighted by Crippen LogP contribution is -2.34. The van der Waals surface area contributed by atoms with Crippen LogP contribution in [0, 0.1) is 0 Å². The third-order valence-corrected chi connectivity index (χ3v) is 5.14. The number of amides is 3. The van der Waals surface area contributed by atoms with E-state index in [0.717, 1.165) is 0 Å². The van der Waals surface area contributed by atoms with E-state index in [1.54, 1.807) is 12.1 Å². The molecule has 0 saturated carbocycles. The lowest BCUT2D eigenvalue weighted by molar-refractivity contribution is -0.254. The summed E-state index contributed by atoms with van der Waals surface area (Å²) in [4.78, 5) is 25.7. The number of anilines is 2. The molecule has 0 bridgehead atoms. The van der Waals surface area contributed by atoms with Crippen molar-refractivity contribution < 1.29 is 27.5 Å². The molecule has 2 rings (SSSR count). The van der Waals surface area contributed by atoms with Crippen LogP contribution in [-0.2, 0) is 4.74 Å². The summed E-state index contributed by atoms with van der Waals surface area (Å²) in [5, 5.41) is 4.83.